The molecule has 0 aliphatic carbocycles. The van der Waals surface area contributed by atoms with E-state index < -0.39 is 0 Å². The molecule has 0 amide bonds. The van der Waals surface area contributed by atoms with Crippen molar-refractivity contribution in [1.82, 2.24) is 20.0 Å². The van der Waals surface area contributed by atoms with Gasteiger partial charge in [0.05, 0.1) is 23.3 Å². The largest absolute Gasteiger partial charge is 0.256 e. The lowest BCUT2D eigenvalue weighted by Gasteiger charge is -2.15. The fourth-order valence-electron chi connectivity index (χ4n) is 3.95. The van der Waals surface area contributed by atoms with Crippen LogP contribution in [0.4, 0.5) is 0 Å². The third kappa shape index (κ3) is 3.70. The molecule has 29 heavy (non-hydrogen) atoms. The summed E-state index contributed by atoms with van der Waals surface area (Å²) in [7, 11) is 0. The first-order chi connectivity index (χ1) is 14.2. The van der Waals surface area contributed by atoms with Gasteiger partial charge in [0, 0.05) is 17.3 Å². The van der Waals surface area contributed by atoms with Crippen molar-refractivity contribution in [2.45, 2.75) is 40.0 Å². The van der Waals surface area contributed by atoms with Crippen molar-refractivity contribution in [3.63, 3.8) is 0 Å². The van der Waals surface area contributed by atoms with Crippen LogP contribution in [0.2, 0.25) is 0 Å². The molecule has 0 fully saturated rings. The topological polar surface area (TPSA) is 43.6 Å². The third-order valence-corrected chi connectivity index (χ3v) is 5.47. The van der Waals surface area contributed by atoms with Gasteiger partial charge >= 0.3 is 0 Å². The smallest absolute Gasteiger partial charge is 0.0944 e. The highest BCUT2D eigenvalue weighted by Gasteiger charge is 2.13. The zero-order valence-corrected chi connectivity index (χ0v) is 17.3. The molecule has 2 aromatic heterocycles. The molecule has 0 aliphatic heterocycles. The third-order valence-electron chi connectivity index (χ3n) is 5.47. The fraction of sp³-hybridized carbons (Fsp3) is 0.240. The lowest BCUT2D eigenvalue weighted by Crippen LogP contribution is -2.05. The van der Waals surface area contributed by atoms with E-state index in [0.29, 0.717) is 0 Å². The summed E-state index contributed by atoms with van der Waals surface area (Å²) in [4.78, 5) is 4.43. The Labute approximate surface area is 172 Å². The molecule has 0 saturated carbocycles. The normalized spacial score (nSPS) is 11.0. The van der Waals surface area contributed by atoms with Crippen molar-refractivity contribution in [2.24, 2.45) is 0 Å². The summed E-state index contributed by atoms with van der Waals surface area (Å²) in [5, 5.41) is 8.61. The molecule has 0 aliphatic rings. The Morgan fingerprint density at radius 2 is 1.48 bits per heavy atom. The summed E-state index contributed by atoms with van der Waals surface area (Å²) in [6.45, 7) is 6.67. The van der Waals surface area contributed by atoms with Crippen LogP contribution in [0.15, 0.2) is 67.0 Å². The summed E-state index contributed by atoms with van der Waals surface area (Å²) >= 11 is 0. The van der Waals surface area contributed by atoms with E-state index in [1.807, 2.05) is 35.3 Å². The lowest BCUT2D eigenvalue weighted by atomic mass is 9.94. The highest BCUT2D eigenvalue weighted by atomic mass is 15.4. The molecule has 146 valence electrons. The van der Waals surface area contributed by atoms with Crippen LogP contribution < -0.4 is 0 Å². The number of hydrogen-bond donors (Lipinski definition) is 0. The quantitative estimate of drug-likeness (QED) is 0.431. The van der Waals surface area contributed by atoms with Gasteiger partial charge < -0.3 is 0 Å². The number of aromatic nitrogens is 4. The number of nitrogens with zero attached hydrogens (tertiary/aromatic N) is 4. The molecule has 4 heteroatoms. The van der Waals surface area contributed by atoms with E-state index in [0.717, 1.165) is 47.5 Å². The van der Waals surface area contributed by atoms with Crippen LogP contribution >= 0.6 is 0 Å². The molecular formula is C25H26N4. The van der Waals surface area contributed by atoms with Gasteiger partial charge in [0.15, 0.2) is 0 Å². The van der Waals surface area contributed by atoms with E-state index in [1.165, 1.54) is 16.7 Å². The van der Waals surface area contributed by atoms with Gasteiger partial charge in [-0.05, 0) is 60.2 Å². The predicted octanol–water partition coefficient (Wildman–Crippen LogP) is 5.68. The molecule has 4 rings (SSSR count). The monoisotopic (exact) mass is 382 g/mol. The second kappa shape index (κ2) is 8.39. The standard InChI is InChI=1S/C25H26N4/c1-4-18-15-22(16-19(5-2)23(18)6-3)29-25(17-27-28-29)21-12-10-20(11-13-21)24-9-7-8-14-26-24/h7-17H,4-6H2,1-3H3. The minimum Gasteiger partial charge on any atom is -0.256 e. The molecule has 0 N–H and O–H groups in total. The van der Waals surface area contributed by atoms with E-state index in [9.17, 15) is 0 Å². The minimum absolute atomic E-state index is 0.973. The summed E-state index contributed by atoms with van der Waals surface area (Å²) in [5.41, 5.74) is 9.50. The number of benzene rings is 2. The number of aryl methyl sites for hydroxylation is 2. The van der Waals surface area contributed by atoms with Gasteiger partial charge in [0.25, 0.3) is 0 Å². The zero-order valence-electron chi connectivity index (χ0n) is 17.3. The Morgan fingerprint density at radius 1 is 0.793 bits per heavy atom. The van der Waals surface area contributed by atoms with Crippen LogP contribution in [-0.2, 0) is 19.3 Å². The molecule has 0 spiro atoms. The summed E-state index contributed by atoms with van der Waals surface area (Å²) < 4.78 is 1.95. The van der Waals surface area contributed by atoms with E-state index in [4.69, 9.17) is 0 Å². The number of rotatable bonds is 6. The Hall–Kier alpha value is -3.27. The van der Waals surface area contributed by atoms with E-state index in [1.54, 1.807) is 0 Å². The SMILES string of the molecule is CCc1cc(-n2nncc2-c2ccc(-c3ccccn3)cc2)cc(CC)c1CC. The number of hydrogen-bond acceptors (Lipinski definition) is 3. The van der Waals surface area contributed by atoms with Gasteiger partial charge in [-0.1, -0.05) is 56.3 Å². The van der Waals surface area contributed by atoms with Gasteiger partial charge in [-0.25, -0.2) is 4.68 Å². The molecule has 0 bridgehead atoms. The first kappa shape index (κ1) is 19.1. The van der Waals surface area contributed by atoms with E-state index in [-0.39, 0.29) is 0 Å². The van der Waals surface area contributed by atoms with E-state index in [2.05, 4.69) is 72.5 Å². The Bertz CT molecular complexity index is 1070. The van der Waals surface area contributed by atoms with Gasteiger partial charge in [-0.3, -0.25) is 4.98 Å². The van der Waals surface area contributed by atoms with Crippen LogP contribution in [0.3, 0.4) is 0 Å². The van der Waals surface area contributed by atoms with Gasteiger partial charge in [-0.2, -0.15) is 0 Å². The van der Waals surface area contributed by atoms with Crippen LogP contribution in [-0.4, -0.2) is 20.0 Å². The summed E-state index contributed by atoms with van der Waals surface area (Å²) in [6.07, 6.45) is 6.75. The predicted molar refractivity (Wildman–Crippen MR) is 118 cm³/mol. The van der Waals surface area contributed by atoms with Gasteiger partial charge in [-0.15, -0.1) is 5.10 Å². The molecule has 0 atom stereocenters. The second-order valence-electron chi connectivity index (χ2n) is 7.13. The Morgan fingerprint density at radius 3 is 2.07 bits per heavy atom. The maximum Gasteiger partial charge on any atom is 0.0944 e. The zero-order chi connectivity index (χ0) is 20.2. The summed E-state index contributed by atoms with van der Waals surface area (Å²) in [6, 6.07) is 18.9. The molecule has 4 aromatic rings. The Kier molecular flexibility index (Phi) is 5.52. The Balaban J connectivity index is 1.74. The molecule has 0 unspecified atom stereocenters. The van der Waals surface area contributed by atoms with Crippen LogP contribution in [0.1, 0.15) is 37.5 Å². The summed E-state index contributed by atoms with van der Waals surface area (Å²) in [5.74, 6) is 0. The van der Waals surface area contributed by atoms with Gasteiger partial charge in [0.1, 0.15) is 0 Å². The molecule has 0 radical (unpaired) electrons. The number of pyridine rings is 1. The molecule has 2 aromatic carbocycles. The van der Waals surface area contributed by atoms with Crippen molar-refractivity contribution in [1.29, 1.82) is 0 Å². The molecule has 0 saturated heterocycles. The van der Waals surface area contributed by atoms with Crippen molar-refractivity contribution in [3.05, 3.63) is 83.7 Å². The minimum atomic E-state index is 0.973. The van der Waals surface area contributed by atoms with Crippen LogP contribution in [0.5, 0.6) is 0 Å². The average Bonchev–Trinajstić information content (AvgIpc) is 3.28. The lowest BCUT2D eigenvalue weighted by molar-refractivity contribution is 0.802. The van der Waals surface area contributed by atoms with Gasteiger partial charge in [0.2, 0.25) is 0 Å². The second-order valence-corrected chi connectivity index (χ2v) is 7.13. The highest BCUT2D eigenvalue weighted by molar-refractivity contribution is 5.67. The highest BCUT2D eigenvalue weighted by Crippen LogP contribution is 2.27. The first-order valence-electron chi connectivity index (χ1n) is 10.3. The van der Waals surface area contributed by atoms with Crippen molar-refractivity contribution in [3.8, 4) is 28.2 Å². The molecule has 2 heterocycles. The molecule has 4 nitrogen and oxygen atoms in total. The van der Waals surface area contributed by atoms with Crippen LogP contribution in [0.25, 0.3) is 28.2 Å². The van der Waals surface area contributed by atoms with E-state index >= 15 is 0 Å². The van der Waals surface area contributed by atoms with Crippen molar-refractivity contribution >= 4 is 0 Å². The fourth-order valence-corrected chi connectivity index (χ4v) is 3.95. The van der Waals surface area contributed by atoms with Crippen LogP contribution in [0, 0.1) is 0 Å². The molecular weight excluding hydrogens is 356 g/mol. The first-order valence-corrected chi connectivity index (χ1v) is 10.3. The maximum atomic E-state index is 4.43. The van der Waals surface area contributed by atoms with Crippen molar-refractivity contribution in [2.75, 3.05) is 0 Å². The average molecular weight is 383 g/mol. The van der Waals surface area contributed by atoms with Crippen molar-refractivity contribution < 1.29 is 0 Å². The maximum absolute atomic E-state index is 4.43.